The molecule has 1 aromatic heterocycles. The summed E-state index contributed by atoms with van der Waals surface area (Å²) in [6.07, 6.45) is 10.1. The van der Waals surface area contributed by atoms with E-state index in [1.807, 2.05) is 24.3 Å². The van der Waals surface area contributed by atoms with Crippen molar-refractivity contribution in [3.63, 3.8) is 0 Å². The van der Waals surface area contributed by atoms with Gasteiger partial charge in [-0.2, -0.15) is 5.10 Å². The second kappa shape index (κ2) is 12.3. The van der Waals surface area contributed by atoms with Gasteiger partial charge in [0.25, 0.3) is 5.09 Å². The minimum absolute atomic E-state index is 0.0991. The van der Waals surface area contributed by atoms with E-state index in [4.69, 9.17) is 34.4 Å². The molecular formula is C29H25Cl2N3O5. The molecule has 200 valence electrons. The lowest BCUT2D eigenvalue weighted by molar-refractivity contribution is -0.757. The van der Waals surface area contributed by atoms with Crippen LogP contribution in [0.2, 0.25) is 10.0 Å². The van der Waals surface area contributed by atoms with Gasteiger partial charge in [-0.1, -0.05) is 59.5 Å². The molecule has 0 bridgehead atoms. The number of terminal acetylenes is 1. The van der Waals surface area contributed by atoms with Gasteiger partial charge < -0.3 is 9.57 Å². The van der Waals surface area contributed by atoms with Crippen LogP contribution in [0.3, 0.4) is 0 Å². The number of benzene rings is 2. The summed E-state index contributed by atoms with van der Waals surface area (Å²) in [6.45, 7) is 1.70. The zero-order chi connectivity index (χ0) is 28.0. The molecule has 1 fully saturated rings. The zero-order valence-electron chi connectivity index (χ0n) is 21.2. The Balaban J connectivity index is 1.70. The number of aromatic nitrogens is 2. The fraction of sp³-hybridized carbons (Fsp3) is 0.310. The number of rotatable bonds is 7. The van der Waals surface area contributed by atoms with Crippen LogP contribution in [0.5, 0.6) is 0 Å². The summed E-state index contributed by atoms with van der Waals surface area (Å²) in [5.74, 6) is 7.91. The molecule has 0 aliphatic heterocycles. The molecule has 1 aliphatic carbocycles. The molecule has 0 saturated heterocycles. The van der Waals surface area contributed by atoms with Crippen LogP contribution in [0.25, 0.3) is 16.9 Å². The molecule has 39 heavy (non-hydrogen) atoms. The van der Waals surface area contributed by atoms with Crippen molar-refractivity contribution in [3.8, 4) is 41.1 Å². The molecule has 1 aliphatic rings. The second-order valence-corrected chi connectivity index (χ2v) is 9.95. The molecule has 0 spiro atoms. The van der Waals surface area contributed by atoms with Gasteiger partial charge in [0.15, 0.2) is 11.3 Å². The number of hydrogen-bond donors (Lipinski definition) is 0. The highest BCUT2D eigenvalue weighted by atomic mass is 35.5. The predicted octanol–water partition coefficient (Wildman–Crippen LogP) is 6.60. The van der Waals surface area contributed by atoms with Gasteiger partial charge in [0.05, 0.1) is 16.4 Å². The highest BCUT2D eigenvalue weighted by molar-refractivity contribution is 6.35. The van der Waals surface area contributed by atoms with Gasteiger partial charge in [0.1, 0.15) is 6.61 Å². The van der Waals surface area contributed by atoms with E-state index in [1.165, 1.54) is 0 Å². The van der Waals surface area contributed by atoms with E-state index in [1.54, 1.807) is 29.8 Å². The van der Waals surface area contributed by atoms with Crippen molar-refractivity contribution in [2.24, 2.45) is 0 Å². The molecule has 0 atom stereocenters. The van der Waals surface area contributed by atoms with Gasteiger partial charge in [0.2, 0.25) is 0 Å². The van der Waals surface area contributed by atoms with Crippen LogP contribution in [-0.2, 0) is 9.57 Å². The minimum Gasteiger partial charge on any atom is -0.441 e. The van der Waals surface area contributed by atoms with Crippen molar-refractivity contribution < 1.29 is 19.5 Å². The Hall–Kier alpha value is -3.98. The second-order valence-electron chi connectivity index (χ2n) is 9.10. The maximum atomic E-state index is 13.4. The summed E-state index contributed by atoms with van der Waals surface area (Å²) in [5, 5.41) is 14.9. The van der Waals surface area contributed by atoms with E-state index in [9.17, 15) is 14.9 Å². The lowest BCUT2D eigenvalue weighted by atomic mass is 9.85. The Kier molecular flexibility index (Phi) is 8.81. The van der Waals surface area contributed by atoms with Crippen molar-refractivity contribution in [1.82, 2.24) is 9.78 Å². The van der Waals surface area contributed by atoms with Crippen LogP contribution < -0.4 is 0 Å². The van der Waals surface area contributed by atoms with Gasteiger partial charge in [-0.3, -0.25) is 0 Å². The topological polar surface area (TPSA) is 96.5 Å². The van der Waals surface area contributed by atoms with Crippen molar-refractivity contribution in [1.29, 1.82) is 0 Å². The van der Waals surface area contributed by atoms with E-state index in [0.717, 1.165) is 24.8 Å². The van der Waals surface area contributed by atoms with Gasteiger partial charge in [0, 0.05) is 28.1 Å². The molecule has 0 N–H and O–H groups in total. The van der Waals surface area contributed by atoms with Crippen LogP contribution >= 0.6 is 23.2 Å². The van der Waals surface area contributed by atoms with E-state index < -0.39 is 16.7 Å². The lowest BCUT2D eigenvalue weighted by Gasteiger charge is -2.31. The molecule has 8 nitrogen and oxygen atoms in total. The van der Waals surface area contributed by atoms with Crippen molar-refractivity contribution in [2.75, 3.05) is 6.61 Å². The van der Waals surface area contributed by atoms with Crippen LogP contribution in [0, 0.1) is 41.2 Å². The summed E-state index contributed by atoms with van der Waals surface area (Å²) in [6, 6.07) is 12.3. The smallest absolute Gasteiger partial charge is 0.360 e. The van der Waals surface area contributed by atoms with E-state index in [-0.39, 0.29) is 18.7 Å². The van der Waals surface area contributed by atoms with Crippen LogP contribution in [0.4, 0.5) is 0 Å². The first-order chi connectivity index (χ1) is 18.7. The average Bonchev–Trinajstić information content (AvgIpc) is 3.26. The molecule has 4 rings (SSSR count). The Morgan fingerprint density at radius 1 is 1.18 bits per heavy atom. The summed E-state index contributed by atoms with van der Waals surface area (Å²) >= 11 is 12.7. The number of esters is 1. The summed E-state index contributed by atoms with van der Waals surface area (Å²) in [4.78, 5) is 27.9. The normalized spacial score (nSPS) is 14.0. The molecule has 1 saturated carbocycles. The van der Waals surface area contributed by atoms with Crippen LogP contribution in [0.1, 0.15) is 60.1 Å². The van der Waals surface area contributed by atoms with Gasteiger partial charge in [-0.05, 0) is 62.9 Å². The summed E-state index contributed by atoms with van der Waals surface area (Å²) in [5.41, 5.74) is 2.46. The fourth-order valence-corrected chi connectivity index (χ4v) is 5.02. The van der Waals surface area contributed by atoms with Gasteiger partial charge in [-0.25, -0.2) is 9.48 Å². The Morgan fingerprint density at radius 3 is 2.54 bits per heavy atom. The van der Waals surface area contributed by atoms with Crippen LogP contribution in [-0.4, -0.2) is 33.0 Å². The van der Waals surface area contributed by atoms with Crippen LogP contribution in [0.15, 0.2) is 42.5 Å². The number of hydrogen-bond acceptors (Lipinski definition) is 6. The minimum atomic E-state index is -0.936. The molecule has 0 radical (unpaired) electrons. The van der Waals surface area contributed by atoms with Gasteiger partial charge >= 0.3 is 5.97 Å². The Bertz CT molecular complexity index is 1490. The molecular weight excluding hydrogens is 541 g/mol. The number of halogens is 2. The molecule has 0 amide bonds. The highest BCUT2D eigenvalue weighted by Gasteiger charge is 2.36. The number of ether oxygens (including phenoxy) is 1. The van der Waals surface area contributed by atoms with E-state index in [0.29, 0.717) is 45.4 Å². The fourth-order valence-electron chi connectivity index (χ4n) is 4.53. The number of carbonyl (C=O) groups excluding carboxylic acids is 1. The quantitative estimate of drug-likeness (QED) is 0.105. The molecule has 1 heterocycles. The molecule has 0 unspecified atom stereocenters. The first kappa shape index (κ1) is 28.0. The Morgan fingerprint density at radius 2 is 1.90 bits per heavy atom. The maximum absolute atomic E-state index is 13.4. The first-order valence-electron chi connectivity index (χ1n) is 12.4. The van der Waals surface area contributed by atoms with E-state index >= 15 is 0 Å². The van der Waals surface area contributed by atoms with Gasteiger partial charge in [-0.15, -0.1) is 16.5 Å². The largest absolute Gasteiger partial charge is 0.441 e. The third-order valence-corrected chi connectivity index (χ3v) is 7.02. The summed E-state index contributed by atoms with van der Waals surface area (Å²) in [7, 11) is 0. The van der Waals surface area contributed by atoms with Crippen molar-refractivity contribution in [3.05, 3.63) is 79.4 Å². The van der Waals surface area contributed by atoms with Crippen molar-refractivity contribution >= 4 is 29.2 Å². The number of nitrogens with zero attached hydrogens (tertiary/aromatic N) is 3. The standard InChI is InChI=1S/C29H25Cl2N3O5/c1-3-29(16-6-4-7-17-29)39-28(35)26-20(2)27(33(32-26)25-15-14-23(30)19-24(25)31)22-12-10-21(11-13-22)9-5-8-18-38-34(36)37/h1,10-15,19H,4,6-8,16-18H2,2H3. The first-order valence-corrected chi connectivity index (χ1v) is 13.1. The Labute approximate surface area is 236 Å². The third kappa shape index (κ3) is 6.54. The third-order valence-electron chi connectivity index (χ3n) is 6.48. The highest BCUT2D eigenvalue weighted by Crippen LogP contribution is 2.35. The number of carbonyl (C=O) groups is 1. The predicted molar refractivity (Wildman–Crippen MR) is 148 cm³/mol. The zero-order valence-corrected chi connectivity index (χ0v) is 22.7. The maximum Gasteiger partial charge on any atom is 0.360 e. The van der Waals surface area contributed by atoms with Crippen molar-refractivity contribution in [2.45, 2.75) is 51.0 Å². The van der Waals surface area contributed by atoms with E-state index in [2.05, 4.69) is 27.7 Å². The summed E-state index contributed by atoms with van der Waals surface area (Å²) < 4.78 is 7.51. The average molecular weight is 566 g/mol. The monoisotopic (exact) mass is 565 g/mol. The molecule has 10 heteroatoms. The molecule has 2 aromatic carbocycles. The lowest BCUT2D eigenvalue weighted by Crippen LogP contribution is -2.36. The molecule has 3 aromatic rings. The SMILES string of the molecule is C#CC1(OC(=O)c2nn(-c3ccc(Cl)cc3Cl)c(-c3ccc(C#CCCO[N+](=O)[O-])cc3)c2C)CCCCC1.